The number of aryl methyl sites for hydroxylation is 1. The maximum atomic E-state index is 11.5. The molecule has 0 spiro atoms. The van der Waals surface area contributed by atoms with E-state index in [0.717, 1.165) is 17.0 Å². The van der Waals surface area contributed by atoms with E-state index in [2.05, 4.69) is 9.97 Å². The molecule has 0 aromatic carbocycles. The molecule has 1 aliphatic rings. The maximum absolute atomic E-state index is 11.5. The van der Waals surface area contributed by atoms with Gasteiger partial charge in [0.05, 0.1) is 29.1 Å². The Morgan fingerprint density at radius 2 is 2.27 bits per heavy atom. The number of aromatic nitrogens is 3. The van der Waals surface area contributed by atoms with E-state index in [9.17, 15) is 8.42 Å². The van der Waals surface area contributed by atoms with Gasteiger partial charge >= 0.3 is 0 Å². The molecule has 2 aromatic rings. The number of fused-ring (bicyclic) bond motifs is 3. The molecule has 0 aliphatic carbocycles. The molecule has 3 heterocycles. The van der Waals surface area contributed by atoms with E-state index < -0.39 is 9.84 Å². The number of hydrogen-bond acceptors (Lipinski definition) is 4. The van der Waals surface area contributed by atoms with E-state index >= 15 is 0 Å². The Balaban J connectivity index is 2.31. The topological polar surface area (TPSA) is 64.3 Å². The molecular weight excluding hydrogens is 214 g/mol. The minimum absolute atomic E-state index is 0.0908. The van der Waals surface area contributed by atoms with Gasteiger partial charge in [0.2, 0.25) is 0 Å². The van der Waals surface area contributed by atoms with Crippen LogP contribution in [0.4, 0.5) is 0 Å². The highest BCUT2D eigenvalue weighted by atomic mass is 32.2. The second-order valence-electron chi connectivity index (χ2n) is 3.65. The van der Waals surface area contributed by atoms with Gasteiger partial charge in [-0.25, -0.2) is 13.4 Å². The highest BCUT2D eigenvalue weighted by Gasteiger charge is 2.25. The molecule has 0 N–H and O–H groups in total. The van der Waals surface area contributed by atoms with Crippen molar-refractivity contribution in [3.8, 4) is 0 Å². The molecular formula is C9H9N3O2S. The Labute approximate surface area is 86.7 Å². The van der Waals surface area contributed by atoms with E-state index in [1.165, 1.54) is 0 Å². The van der Waals surface area contributed by atoms with Crippen LogP contribution in [0.3, 0.4) is 0 Å². The first kappa shape index (κ1) is 8.84. The van der Waals surface area contributed by atoms with Crippen LogP contribution in [-0.2, 0) is 22.0 Å². The summed E-state index contributed by atoms with van der Waals surface area (Å²) in [5.41, 5.74) is 2.40. The normalized spacial score (nSPS) is 18.9. The third kappa shape index (κ3) is 1.32. The minimum Gasteiger partial charge on any atom is -0.300 e. The molecule has 5 nitrogen and oxygen atoms in total. The number of imidazole rings is 1. The van der Waals surface area contributed by atoms with Gasteiger partial charge in [-0.2, -0.15) is 0 Å². The number of sulfone groups is 1. The molecule has 3 rings (SSSR count). The summed E-state index contributed by atoms with van der Waals surface area (Å²) < 4.78 is 24.8. The zero-order chi connectivity index (χ0) is 10.5. The van der Waals surface area contributed by atoms with Gasteiger partial charge in [0, 0.05) is 18.8 Å². The van der Waals surface area contributed by atoms with Crippen LogP contribution in [0.15, 0.2) is 18.6 Å². The van der Waals surface area contributed by atoms with E-state index in [1.807, 2.05) is 0 Å². The predicted molar refractivity (Wildman–Crippen MR) is 54.2 cm³/mol. The van der Waals surface area contributed by atoms with Gasteiger partial charge in [-0.3, -0.25) is 9.38 Å². The van der Waals surface area contributed by atoms with Gasteiger partial charge < -0.3 is 0 Å². The summed E-state index contributed by atoms with van der Waals surface area (Å²) in [5.74, 6) is 0.296. The van der Waals surface area contributed by atoms with Gasteiger partial charge in [-0.1, -0.05) is 0 Å². The van der Waals surface area contributed by atoms with Crippen LogP contribution < -0.4 is 0 Å². The summed E-state index contributed by atoms with van der Waals surface area (Å²) in [6.07, 6.45) is 5.54. The summed E-state index contributed by atoms with van der Waals surface area (Å²) in [6.45, 7) is 0. The fourth-order valence-electron chi connectivity index (χ4n) is 1.89. The molecule has 78 valence electrons. The summed E-state index contributed by atoms with van der Waals surface area (Å²) in [5, 5.41) is 0. The van der Waals surface area contributed by atoms with Crippen molar-refractivity contribution >= 4 is 15.5 Å². The fraction of sp³-hybridized carbons (Fsp3) is 0.333. The molecule has 0 atom stereocenters. The summed E-state index contributed by atoms with van der Waals surface area (Å²) in [4.78, 5) is 8.31. The van der Waals surface area contributed by atoms with Crippen LogP contribution in [0.2, 0.25) is 0 Å². The summed E-state index contributed by atoms with van der Waals surface area (Å²) in [6, 6.07) is 0. The highest BCUT2D eigenvalue weighted by Crippen LogP contribution is 2.21. The average molecular weight is 223 g/mol. The molecule has 6 heteroatoms. The smallest absolute Gasteiger partial charge is 0.156 e. The third-order valence-corrected chi connectivity index (χ3v) is 4.16. The molecule has 0 amide bonds. The van der Waals surface area contributed by atoms with Crippen LogP contribution in [0, 0.1) is 0 Å². The molecule has 0 fully saturated rings. The summed E-state index contributed by atoms with van der Waals surface area (Å²) >= 11 is 0. The standard InChI is InChI=1S/C9H9N3O2S/c13-15(14)4-1-7-8(6-15)12-3-2-10-5-9(12)11-7/h2-3,5H,1,4,6H2. The Hall–Kier alpha value is -1.43. The average Bonchev–Trinajstić information content (AvgIpc) is 2.55. The van der Waals surface area contributed by atoms with Gasteiger partial charge in [-0.15, -0.1) is 0 Å². The Kier molecular flexibility index (Phi) is 1.64. The van der Waals surface area contributed by atoms with Crippen molar-refractivity contribution in [1.82, 2.24) is 14.4 Å². The Bertz CT molecular complexity index is 630. The highest BCUT2D eigenvalue weighted by molar-refractivity contribution is 7.90. The van der Waals surface area contributed by atoms with E-state index in [0.29, 0.717) is 6.42 Å². The lowest BCUT2D eigenvalue weighted by Gasteiger charge is -2.11. The van der Waals surface area contributed by atoms with Crippen LogP contribution in [0.1, 0.15) is 11.4 Å². The van der Waals surface area contributed by atoms with Gasteiger partial charge in [0.15, 0.2) is 15.5 Å². The monoisotopic (exact) mass is 223 g/mol. The Morgan fingerprint density at radius 3 is 3.13 bits per heavy atom. The van der Waals surface area contributed by atoms with Crippen molar-refractivity contribution in [3.05, 3.63) is 30.0 Å². The van der Waals surface area contributed by atoms with Crippen LogP contribution in [-0.4, -0.2) is 28.5 Å². The van der Waals surface area contributed by atoms with E-state index in [1.54, 1.807) is 23.0 Å². The quantitative estimate of drug-likeness (QED) is 0.640. The van der Waals surface area contributed by atoms with Crippen molar-refractivity contribution < 1.29 is 8.42 Å². The number of rotatable bonds is 0. The molecule has 2 aromatic heterocycles. The second kappa shape index (κ2) is 2.79. The van der Waals surface area contributed by atoms with E-state index in [-0.39, 0.29) is 11.5 Å². The van der Waals surface area contributed by atoms with Crippen LogP contribution >= 0.6 is 0 Å². The molecule has 0 unspecified atom stereocenters. The first-order valence-electron chi connectivity index (χ1n) is 4.66. The van der Waals surface area contributed by atoms with Gasteiger partial charge in [0.25, 0.3) is 0 Å². The van der Waals surface area contributed by atoms with Crippen molar-refractivity contribution in [2.45, 2.75) is 12.2 Å². The zero-order valence-corrected chi connectivity index (χ0v) is 8.74. The van der Waals surface area contributed by atoms with Crippen molar-refractivity contribution in [2.75, 3.05) is 5.75 Å². The van der Waals surface area contributed by atoms with E-state index in [4.69, 9.17) is 0 Å². The van der Waals surface area contributed by atoms with Crippen LogP contribution in [0.5, 0.6) is 0 Å². The largest absolute Gasteiger partial charge is 0.300 e. The predicted octanol–water partition coefficient (Wildman–Crippen LogP) is 0.200. The molecule has 0 bridgehead atoms. The summed E-state index contributed by atoms with van der Waals surface area (Å²) in [7, 11) is -2.94. The van der Waals surface area contributed by atoms with Crippen molar-refractivity contribution in [2.24, 2.45) is 0 Å². The lowest BCUT2D eigenvalue weighted by Crippen LogP contribution is -2.19. The van der Waals surface area contributed by atoms with Crippen LogP contribution in [0.25, 0.3) is 5.65 Å². The first-order valence-corrected chi connectivity index (χ1v) is 6.48. The zero-order valence-electron chi connectivity index (χ0n) is 7.92. The first-order chi connectivity index (χ1) is 7.16. The SMILES string of the molecule is O=S1(=O)CCc2nc3cnccn3c2C1. The third-order valence-electron chi connectivity index (χ3n) is 2.62. The number of nitrogens with zero attached hydrogens (tertiary/aromatic N) is 3. The van der Waals surface area contributed by atoms with Gasteiger partial charge in [-0.05, 0) is 0 Å². The molecule has 15 heavy (non-hydrogen) atoms. The molecule has 0 radical (unpaired) electrons. The second-order valence-corrected chi connectivity index (χ2v) is 5.84. The molecule has 1 aliphatic heterocycles. The van der Waals surface area contributed by atoms with Crippen molar-refractivity contribution in [1.29, 1.82) is 0 Å². The minimum atomic E-state index is -2.94. The maximum Gasteiger partial charge on any atom is 0.156 e. The van der Waals surface area contributed by atoms with Gasteiger partial charge in [0.1, 0.15) is 0 Å². The molecule has 0 saturated carbocycles. The number of hydrogen-bond donors (Lipinski definition) is 0. The molecule has 0 saturated heterocycles. The lowest BCUT2D eigenvalue weighted by atomic mass is 10.3. The van der Waals surface area contributed by atoms with Crippen molar-refractivity contribution in [3.63, 3.8) is 0 Å². The fourth-order valence-corrected chi connectivity index (χ4v) is 3.26. The Morgan fingerprint density at radius 1 is 1.40 bits per heavy atom. The lowest BCUT2D eigenvalue weighted by molar-refractivity contribution is 0.590.